The number of rotatable bonds is 5. The van der Waals surface area contributed by atoms with Gasteiger partial charge in [0, 0.05) is 17.2 Å². The van der Waals surface area contributed by atoms with Gasteiger partial charge in [0.2, 0.25) is 5.91 Å². The molecule has 0 aliphatic carbocycles. The third kappa shape index (κ3) is 2.82. The fourth-order valence-corrected chi connectivity index (χ4v) is 2.81. The quantitative estimate of drug-likeness (QED) is 0.888. The van der Waals surface area contributed by atoms with Gasteiger partial charge in [0.1, 0.15) is 5.92 Å². The summed E-state index contributed by atoms with van der Waals surface area (Å²) in [5, 5.41) is 22.6. The van der Waals surface area contributed by atoms with E-state index < -0.39 is 17.8 Å². The number of nitrogens with zero attached hydrogens (tertiary/aromatic N) is 3. The van der Waals surface area contributed by atoms with Crippen molar-refractivity contribution in [2.45, 2.75) is 12.8 Å². The Bertz CT molecular complexity index is 716. The Kier molecular flexibility index (Phi) is 4.82. The number of para-hydroxylation sites is 1. The molecule has 0 spiro atoms. The molecule has 7 heteroatoms. The first kappa shape index (κ1) is 16.3. The zero-order chi connectivity index (χ0) is 17.0. The summed E-state index contributed by atoms with van der Waals surface area (Å²) in [6.07, 6.45) is 0. The molecule has 1 aliphatic rings. The third-order valence-corrected chi connectivity index (χ3v) is 3.86. The van der Waals surface area contributed by atoms with Gasteiger partial charge in [-0.15, -0.1) is 0 Å². The second-order valence-corrected chi connectivity index (χ2v) is 5.05. The normalized spacial score (nSPS) is 17.7. The second-order valence-electron chi connectivity index (χ2n) is 5.05. The van der Waals surface area contributed by atoms with Crippen molar-refractivity contribution in [3.8, 4) is 23.6 Å². The SMILES string of the molecule is COc1cccc([C@@H](C(C#N)C#N)[C@@H]2C(=O)NN=C2C)c1OC. The number of ether oxygens (including phenoxy) is 2. The lowest BCUT2D eigenvalue weighted by Crippen LogP contribution is -2.32. The van der Waals surface area contributed by atoms with Gasteiger partial charge in [-0.2, -0.15) is 15.6 Å². The van der Waals surface area contributed by atoms with Crippen LogP contribution in [0, 0.1) is 34.5 Å². The van der Waals surface area contributed by atoms with Crippen molar-refractivity contribution in [3.63, 3.8) is 0 Å². The Balaban J connectivity index is 2.65. The molecule has 1 aromatic carbocycles. The van der Waals surface area contributed by atoms with E-state index in [2.05, 4.69) is 10.5 Å². The molecular formula is C16H16N4O3. The van der Waals surface area contributed by atoms with Gasteiger partial charge < -0.3 is 9.47 Å². The minimum Gasteiger partial charge on any atom is -0.493 e. The molecule has 2 atom stereocenters. The fourth-order valence-electron chi connectivity index (χ4n) is 2.81. The van der Waals surface area contributed by atoms with Crippen molar-refractivity contribution in [1.29, 1.82) is 10.5 Å². The average Bonchev–Trinajstić information content (AvgIpc) is 2.90. The predicted molar refractivity (Wildman–Crippen MR) is 81.7 cm³/mol. The number of amides is 1. The van der Waals surface area contributed by atoms with Crippen molar-refractivity contribution in [2.75, 3.05) is 14.2 Å². The molecule has 0 bridgehead atoms. The number of benzene rings is 1. The zero-order valence-electron chi connectivity index (χ0n) is 13.0. The summed E-state index contributed by atoms with van der Waals surface area (Å²) < 4.78 is 10.7. The van der Waals surface area contributed by atoms with E-state index in [0.29, 0.717) is 22.8 Å². The van der Waals surface area contributed by atoms with Crippen LogP contribution in [0.25, 0.3) is 0 Å². The highest BCUT2D eigenvalue weighted by Gasteiger charge is 2.42. The van der Waals surface area contributed by atoms with Gasteiger partial charge in [-0.05, 0) is 13.0 Å². The fraction of sp³-hybridized carbons (Fsp3) is 0.375. The van der Waals surface area contributed by atoms with Gasteiger partial charge >= 0.3 is 0 Å². The first-order chi connectivity index (χ1) is 11.1. The number of nitrogens with one attached hydrogen (secondary N) is 1. The van der Waals surface area contributed by atoms with Crippen LogP contribution < -0.4 is 14.9 Å². The van der Waals surface area contributed by atoms with Crippen molar-refractivity contribution in [1.82, 2.24) is 5.43 Å². The Morgan fingerprint density at radius 3 is 2.43 bits per heavy atom. The summed E-state index contributed by atoms with van der Waals surface area (Å²) in [6, 6.07) is 9.10. The number of nitriles is 2. The molecule has 0 unspecified atom stereocenters. The first-order valence-electron chi connectivity index (χ1n) is 6.93. The van der Waals surface area contributed by atoms with Crippen molar-refractivity contribution in [2.24, 2.45) is 16.9 Å². The number of carbonyl (C=O) groups excluding carboxylic acids is 1. The van der Waals surface area contributed by atoms with Gasteiger partial charge in [0.05, 0.1) is 32.3 Å². The maximum absolute atomic E-state index is 12.2. The van der Waals surface area contributed by atoms with Crippen LogP contribution in [-0.2, 0) is 4.79 Å². The molecule has 1 N–H and O–H groups in total. The molecular weight excluding hydrogens is 296 g/mol. The van der Waals surface area contributed by atoms with Crippen LogP contribution in [-0.4, -0.2) is 25.8 Å². The highest BCUT2D eigenvalue weighted by atomic mass is 16.5. The number of hydrazone groups is 1. The lowest BCUT2D eigenvalue weighted by molar-refractivity contribution is -0.122. The Morgan fingerprint density at radius 1 is 1.26 bits per heavy atom. The van der Waals surface area contributed by atoms with Gasteiger partial charge in [0.15, 0.2) is 11.5 Å². The number of carbonyl (C=O) groups is 1. The van der Waals surface area contributed by atoms with E-state index in [4.69, 9.17) is 9.47 Å². The lowest BCUT2D eigenvalue weighted by Gasteiger charge is -2.25. The topological polar surface area (TPSA) is 108 Å². The lowest BCUT2D eigenvalue weighted by atomic mass is 9.75. The molecule has 0 aromatic heterocycles. The predicted octanol–water partition coefficient (Wildman–Crippen LogP) is 1.57. The monoisotopic (exact) mass is 312 g/mol. The van der Waals surface area contributed by atoms with E-state index >= 15 is 0 Å². The minimum absolute atomic E-state index is 0.340. The maximum Gasteiger partial charge on any atom is 0.249 e. The molecule has 0 saturated carbocycles. The number of hydrogen-bond acceptors (Lipinski definition) is 6. The molecule has 0 fully saturated rings. The van der Waals surface area contributed by atoms with Gasteiger partial charge in [-0.25, -0.2) is 5.43 Å². The van der Waals surface area contributed by atoms with Gasteiger partial charge in [0.25, 0.3) is 0 Å². The van der Waals surface area contributed by atoms with E-state index in [-0.39, 0.29) is 5.91 Å². The smallest absolute Gasteiger partial charge is 0.249 e. The molecule has 2 rings (SSSR count). The highest BCUT2D eigenvalue weighted by Crippen LogP contribution is 2.43. The van der Waals surface area contributed by atoms with Crippen molar-refractivity contribution in [3.05, 3.63) is 23.8 Å². The molecule has 118 valence electrons. The molecule has 1 heterocycles. The molecule has 23 heavy (non-hydrogen) atoms. The minimum atomic E-state index is -1.03. The molecule has 1 amide bonds. The van der Waals surface area contributed by atoms with E-state index in [0.717, 1.165) is 0 Å². The Labute approximate surface area is 134 Å². The van der Waals surface area contributed by atoms with Crippen LogP contribution in [0.4, 0.5) is 0 Å². The second kappa shape index (κ2) is 6.80. The van der Waals surface area contributed by atoms with Crippen LogP contribution in [0.5, 0.6) is 11.5 Å². The summed E-state index contributed by atoms with van der Waals surface area (Å²) in [7, 11) is 2.97. The van der Waals surface area contributed by atoms with Crippen LogP contribution in [0.2, 0.25) is 0 Å². The van der Waals surface area contributed by atoms with Crippen molar-refractivity contribution < 1.29 is 14.3 Å². The molecule has 7 nitrogen and oxygen atoms in total. The van der Waals surface area contributed by atoms with Crippen LogP contribution >= 0.6 is 0 Å². The standard InChI is InChI=1S/C16H16N4O3/c1-9-13(16(21)20-19-9)14(10(7-17)8-18)11-5-4-6-12(22-2)15(11)23-3/h4-6,10,13-14H,1-3H3,(H,20,21)/t13-,14-/m1/s1. The highest BCUT2D eigenvalue weighted by molar-refractivity contribution is 6.07. The largest absolute Gasteiger partial charge is 0.493 e. The van der Waals surface area contributed by atoms with Gasteiger partial charge in [-0.3, -0.25) is 4.79 Å². The van der Waals surface area contributed by atoms with E-state index in [1.807, 2.05) is 12.1 Å². The van der Waals surface area contributed by atoms with Crippen LogP contribution in [0.1, 0.15) is 18.4 Å². The Morgan fingerprint density at radius 2 is 1.96 bits per heavy atom. The van der Waals surface area contributed by atoms with Crippen LogP contribution in [0.15, 0.2) is 23.3 Å². The maximum atomic E-state index is 12.2. The third-order valence-electron chi connectivity index (χ3n) is 3.86. The Hall–Kier alpha value is -3.06. The first-order valence-corrected chi connectivity index (χ1v) is 6.93. The van der Waals surface area contributed by atoms with Crippen molar-refractivity contribution >= 4 is 11.6 Å². The molecule has 0 saturated heterocycles. The van der Waals surface area contributed by atoms with E-state index in [9.17, 15) is 15.3 Å². The molecule has 0 radical (unpaired) electrons. The summed E-state index contributed by atoms with van der Waals surface area (Å²) in [6.45, 7) is 1.69. The van der Waals surface area contributed by atoms with Crippen LogP contribution in [0.3, 0.4) is 0 Å². The average molecular weight is 312 g/mol. The summed E-state index contributed by atoms with van der Waals surface area (Å²) >= 11 is 0. The summed E-state index contributed by atoms with van der Waals surface area (Å²) in [4.78, 5) is 12.2. The van der Waals surface area contributed by atoms with Gasteiger partial charge in [-0.1, -0.05) is 12.1 Å². The molecule has 1 aromatic rings. The van der Waals surface area contributed by atoms with E-state index in [1.54, 1.807) is 25.1 Å². The molecule has 1 aliphatic heterocycles. The number of methoxy groups -OCH3 is 2. The number of hydrogen-bond donors (Lipinski definition) is 1. The zero-order valence-corrected chi connectivity index (χ0v) is 13.0. The summed E-state index contributed by atoms with van der Waals surface area (Å²) in [5.41, 5.74) is 3.49. The summed E-state index contributed by atoms with van der Waals surface area (Å²) in [5.74, 6) is -1.91. The van der Waals surface area contributed by atoms with E-state index in [1.165, 1.54) is 14.2 Å².